The van der Waals surface area contributed by atoms with Crippen molar-refractivity contribution in [3.63, 3.8) is 0 Å². The van der Waals surface area contributed by atoms with Crippen LogP contribution >= 0.6 is 11.3 Å². The highest BCUT2D eigenvalue weighted by atomic mass is 32.1. The van der Waals surface area contributed by atoms with Crippen LogP contribution in [0.1, 0.15) is 12.5 Å². The van der Waals surface area contributed by atoms with E-state index < -0.39 is 0 Å². The molecule has 0 saturated carbocycles. The van der Waals surface area contributed by atoms with Crippen molar-refractivity contribution < 1.29 is 14.3 Å². The zero-order chi connectivity index (χ0) is 17.6. The predicted molar refractivity (Wildman–Crippen MR) is 101 cm³/mol. The molecule has 0 fully saturated rings. The summed E-state index contributed by atoms with van der Waals surface area (Å²) in [7, 11) is 1.61. The lowest BCUT2D eigenvalue weighted by atomic mass is 10.2. The van der Waals surface area contributed by atoms with E-state index in [1.807, 2.05) is 49.4 Å². The lowest BCUT2D eigenvalue weighted by molar-refractivity contribution is -0.111. The number of nitrogens with one attached hydrogen (secondary N) is 1. The maximum Gasteiger partial charge on any atom is 0.250 e. The molecule has 2 aromatic carbocycles. The van der Waals surface area contributed by atoms with Crippen LogP contribution in [0, 0.1) is 0 Å². The number of fused-ring (bicyclic) bond motifs is 1. The van der Waals surface area contributed by atoms with Gasteiger partial charge in [0.15, 0.2) is 5.13 Å². The van der Waals surface area contributed by atoms with Gasteiger partial charge < -0.3 is 9.47 Å². The SMILES string of the molecule is CCOc1ccc2nc(NC(=O)C=Cc3cccc(OC)c3)sc2c1. The molecule has 0 unspecified atom stereocenters. The highest BCUT2D eigenvalue weighted by molar-refractivity contribution is 7.22. The second-order valence-electron chi connectivity index (χ2n) is 5.18. The molecule has 0 bridgehead atoms. The van der Waals surface area contributed by atoms with E-state index in [1.165, 1.54) is 17.4 Å². The van der Waals surface area contributed by atoms with Gasteiger partial charge in [-0.05, 0) is 48.9 Å². The lowest BCUT2D eigenvalue weighted by Gasteiger charge is -2.00. The quantitative estimate of drug-likeness (QED) is 0.668. The number of nitrogens with zero attached hydrogens (tertiary/aromatic N) is 1. The number of methoxy groups -OCH3 is 1. The average Bonchev–Trinajstić information content (AvgIpc) is 3.02. The maximum atomic E-state index is 12.1. The summed E-state index contributed by atoms with van der Waals surface area (Å²) in [6, 6.07) is 13.2. The Labute approximate surface area is 149 Å². The summed E-state index contributed by atoms with van der Waals surface area (Å²) in [6.45, 7) is 2.56. The van der Waals surface area contributed by atoms with E-state index in [0.717, 1.165) is 27.3 Å². The Morgan fingerprint density at radius 2 is 2.12 bits per heavy atom. The van der Waals surface area contributed by atoms with Gasteiger partial charge in [0, 0.05) is 6.08 Å². The van der Waals surface area contributed by atoms with Gasteiger partial charge in [-0.3, -0.25) is 10.1 Å². The maximum absolute atomic E-state index is 12.1. The highest BCUT2D eigenvalue weighted by Crippen LogP contribution is 2.29. The predicted octanol–water partition coefficient (Wildman–Crippen LogP) is 4.36. The minimum absolute atomic E-state index is 0.230. The summed E-state index contributed by atoms with van der Waals surface area (Å²) in [5.41, 5.74) is 1.72. The molecule has 5 nitrogen and oxygen atoms in total. The molecule has 128 valence electrons. The molecule has 0 radical (unpaired) electrons. The minimum Gasteiger partial charge on any atom is -0.497 e. The molecule has 0 atom stereocenters. The van der Waals surface area contributed by atoms with Gasteiger partial charge in [0.2, 0.25) is 5.91 Å². The van der Waals surface area contributed by atoms with E-state index >= 15 is 0 Å². The fourth-order valence-corrected chi connectivity index (χ4v) is 3.18. The first kappa shape index (κ1) is 17.0. The van der Waals surface area contributed by atoms with E-state index in [-0.39, 0.29) is 5.91 Å². The fraction of sp³-hybridized carbons (Fsp3) is 0.158. The molecule has 0 spiro atoms. The lowest BCUT2D eigenvalue weighted by Crippen LogP contribution is -2.07. The third-order valence-corrected chi connectivity index (χ3v) is 4.36. The van der Waals surface area contributed by atoms with E-state index in [2.05, 4.69) is 10.3 Å². The van der Waals surface area contributed by atoms with Crippen molar-refractivity contribution in [1.82, 2.24) is 4.98 Å². The van der Waals surface area contributed by atoms with Crippen LogP contribution in [0.3, 0.4) is 0 Å². The fourth-order valence-electron chi connectivity index (χ4n) is 2.28. The van der Waals surface area contributed by atoms with Crippen LogP contribution in [0.4, 0.5) is 5.13 Å². The van der Waals surface area contributed by atoms with Crippen molar-refractivity contribution in [3.8, 4) is 11.5 Å². The molecule has 0 aliphatic carbocycles. The van der Waals surface area contributed by atoms with Gasteiger partial charge in [-0.25, -0.2) is 4.98 Å². The highest BCUT2D eigenvalue weighted by Gasteiger charge is 2.07. The molecule has 1 heterocycles. The van der Waals surface area contributed by atoms with Gasteiger partial charge in [-0.2, -0.15) is 0 Å². The van der Waals surface area contributed by atoms with Crippen molar-refractivity contribution >= 4 is 38.7 Å². The third-order valence-electron chi connectivity index (χ3n) is 3.42. The summed E-state index contributed by atoms with van der Waals surface area (Å²) < 4.78 is 11.6. The Balaban J connectivity index is 1.69. The zero-order valence-electron chi connectivity index (χ0n) is 14.0. The Bertz CT molecular complexity index is 918. The van der Waals surface area contributed by atoms with Crippen LogP contribution in [-0.2, 0) is 4.79 Å². The second kappa shape index (κ2) is 7.81. The zero-order valence-corrected chi connectivity index (χ0v) is 14.8. The van der Waals surface area contributed by atoms with E-state index in [1.54, 1.807) is 13.2 Å². The number of aromatic nitrogens is 1. The van der Waals surface area contributed by atoms with Crippen LogP contribution in [-0.4, -0.2) is 24.6 Å². The van der Waals surface area contributed by atoms with Crippen LogP contribution in [0.15, 0.2) is 48.5 Å². The van der Waals surface area contributed by atoms with Crippen LogP contribution < -0.4 is 14.8 Å². The van der Waals surface area contributed by atoms with E-state index in [0.29, 0.717) is 11.7 Å². The standard InChI is InChI=1S/C19H18N2O3S/c1-3-24-15-8-9-16-17(12-15)25-19(20-16)21-18(22)10-7-13-5-4-6-14(11-13)23-2/h4-12H,3H2,1-2H3,(H,20,21,22). The average molecular weight is 354 g/mol. The van der Waals surface area contributed by atoms with Crippen molar-refractivity contribution in [1.29, 1.82) is 0 Å². The summed E-state index contributed by atoms with van der Waals surface area (Å²) in [4.78, 5) is 16.5. The van der Waals surface area contributed by atoms with E-state index in [4.69, 9.17) is 9.47 Å². The first-order chi connectivity index (χ1) is 12.2. The molecule has 25 heavy (non-hydrogen) atoms. The molecule has 0 aliphatic heterocycles. The number of hydrogen-bond donors (Lipinski definition) is 1. The number of thiazole rings is 1. The van der Waals surface area contributed by atoms with Gasteiger partial charge in [-0.1, -0.05) is 23.5 Å². The molecule has 1 amide bonds. The van der Waals surface area contributed by atoms with Gasteiger partial charge in [0.25, 0.3) is 0 Å². The Hall–Kier alpha value is -2.86. The Morgan fingerprint density at radius 3 is 2.92 bits per heavy atom. The number of benzene rings is 2. The molecular weight excluding hydrogens is 336 g/mol. The third kappa shape index (κ3) is 4.36. The number of carbonyl (C=O) groups excluding carboxylic acids is 1. The summed E-state index contributed by atoms with van der Waals surface area (Å²) in [6.07, 6.45) is 3.21. The smallest absolute Gasteiger partial charge is 0.250 e. The van der Waals surface area contributed by atoms with Gasteiger partial charge >= 0.3 is 0 Å². The largest absolute Gasteiger partial charge is 0.497 e. The number of hydrogen-bond acceptors (Lipinski definition) is 5. The molecule has 0 aliphatic rings. The normalized spacial score (nSPS) is 11.0. The van der Waals surface area contributed by atoms with Crippen LogP contribution in [0.25, 0.3) is 16.3 Å². The van der Waals surface area contributed by atoms with E-state index in [9.17, 15) is 4.79 Å². The van der Waals surface area contributed by atoms with Crippen molar-refractivity contribution in [3.05, 3.63) is 54.1 Å². The molecule has 0 saturated heterocycles. The molecule has 3 rings (SSSR count). The Kier molecular flexibility index (Phi) is 5.30. The number of ether oxygens (including phenoxy) is 2. The number of amides is 1. The number of carbonyl (C=O) groups is 1. The van der Waals surface area contributed by atoms with Crippen LogP contribution in [0.5, 0.6) is 11.5 Å². The molecular formula is C19H18N2O3S. The van der Waals surface area contributed by atoms with Crippen LogP contribution in [0.2, 0.25) is 0 Å². The first-order valence-corrected chi connectivity index (χ1v) is 8.66. The first-order valence-electron chi connectivity index (χ1n) is 7.84. The monoisotopic (exact) mass is 354 g/mol. The summed E-state index contributed by atoms with van der Waals surface area (Å²) in [5.74, 6) is 1.32. The van der Waals surface area contributed by atoms with Crippen molar-refractivity contribution in [2.24, 2.45) is 0 Å². The Morgan fingerprint density at radius 1 is 1.24 bits per heavy atom. The van der Waals surface area contributed by atoms with Gasteiger partial charge in [0.05, 0.1) is 23.9 Å². The summed E-state index contributed by atoms with van der Waals surface area (Å²) >= 11 is 1.42. The second-order valence-corrected chi connectivity index (χ2v) is 6.21. The molecule has 6 heteroatoms. The van der Waals surface area contributed by atoms with Gasteiger partial charge in [-0.15, -0.1) is 0 Å². The molecule has 1 aromatic heterocycles. The van der Waals surface area contributed by atoms with Gasteiger partial charge in [0.1, 0.15) is 11.5 Å². The minimum atomic E-state index is -0.230. The summed E-state index contributed by atoms with van der Waals surface area (Å²) in [5, 5.41) is 3.35. The topological polar surface area (TPSA) is 60.5 Å². The van der Waals surface area contributed by atoms with Crippen molar-refractivity contribution in [2.75, 3.05) is 19.0 Å². The molecule has 3 aromatic rings. The van der Waals surface area contributed by atoms with Crippen molar-refractivity contribution in [2.45, 2.75) is 6.92 Å². The number of rotatable bonds is 6. The number of anilines is 1. The molecule has 1 N–H and O–H groups in total.